The number of nitrogens with zero attached hydrogens (tertiary/aromatic N) is 3. The van der Waals surface area contributed by atoms with Gasteiger partial charge < -0.3 is 15.3 Å². The van der Waals surface area contributed by atoms with Crippen LogP contribution in [-0.4, -0.2) is 40.0 Å². The number of carboxylic acid groups (broad SMARTS) is 1. The number of carbonyl (C=O) groups is 2. The molecule has 1 aliphatic heterocycles. The molecule has 1 aliphatic rings. The molecule has 0 bridgehead atoms. The van der Waals surface area contributed by atoms with Gasteiger partial charge >= 0.3 is 5.97 Å². The van der Waals surface area contributed by atoms with Gasteiger partial charge in [0.05, 0.1) is 16.8 Å². The second-order valence-electron chi connectivity index (χ2n) is 5.75. The standard InChI is InChI=1S/C17H17ClN4O3/c18-13-10-20-17(22-6-1-2-7-22)21-14(13)15(23)19-9-11-4-3-5-12(8-11)16(24)25/h3-5,8,10H,1-2,6-7,9H2,(H,19,23)(H,24,25). The van der Waals surface area contributed by atoms with Crippen LogP contribution in [0.3, 0.4) is 0 Å². The minimum absolute atomic E-state index is 0.118. The fourth-order valence-electron chi connectivity index (χ4n) is 2.67. The Morgan fingerprint density at radius 2 is 2.04 bits per heavy atom. The smallest absolute Gasteiger partial charge is 0.335 e. The second kappa shape index (κ2) is 7.48. The molecule has 2 N–H and O–H groups in total. The summed E-state index contributed by atoms with van der Waals surface area (Å²) in [5.74, 6) is -0.934. The Bertz CT molecular complexity index is 806. The van der Waals surface area contributed by atoms with Gasteiger partial charge in [-0.15, -0.1) is 0 Å². The highest BCUT2D eigenvalue weighted by Gasteiger charge is 2.19. The van der Waals surface area contributed by atoms with Gasteiger partial charge in [-0.05, 0) is 30.5 Å². The summed E-state index contributed by atoms with van der Waals surface area (Å²) in [5.41, 5.74) is 0.967. The predicted molar refractivity (Wildman–Crippen MR) is 93.1 cm³/mol. The van der Waals surface area contributed by atoms with Gasteiger partial charge in [0.25, 0.3) is 5.91 Å². The topological polar surface area (TPSA) is 95.4 Å². The van der Waals surface area contributed by atoms with E-state index in [-0.39, 0.29) is 22.8 Å². The van der Waals surface area contributed by atoms with Crippen LogP contribution in [0.2, 0.25) is 5.02 Å². The molecule has 0 unspecified atom stereocenters. The SMILES string of the molecule is O=C(O)c1cccc(CNC(=O)c2nc(N3CCCC3)ncc2Cl)c1. The van der Waals surface area contributed by atoms with E-state index < -0.39 is 11.9 Å². The van der Waals surface area contributed by atoms with Crippen molar-refractivity contribution in [2.75, 3.05) is 18.0 Å². The van der Waals surface area contributed by atoms with Crippen molar-refractivity contribution in [3.8, 4) is 0 Å². The van der Waals surface area contributed by atoms with Crippen LogP contribution in [0.25, 0.3) is 0 Å². The van der Waals surface area contributed by atoms with E-state index in [0.717, 1.165) is 25.9 Å². The van der Waals surface area contributed by atoms with Gasteiger partial charge in [-0.25, -0.2) is 14.8 Å². The predicted octanol–water partition coefficient (Wildman–Crippen LogP) is 2.36. The van der Waals surface area contributed by atoms with Crippen LogP contribution in [0.5, 0.6) is 0 Å². The van der Waals surface area contributed by atoms with Crippen molar-refractivity contribution in [1.29, 1.82) is 0 Å². The summed E-state index contributed by atoms with van der Waals surface area (Å²) in [6.07, 6.45) is 3.59. The number of carboxylic acids is 1. The highest BCUT2D eigenvalue weighted by Crippen LogP contribution is 2.20. The van der Waals surface area contributed by atoms with Crippen molar-refractivity contribution in [2.45, 2.75) is 19.4 Å². The Hall–Kier alpha value is -2.67. The molecule has 1 aromatic carbocycles. The maximum Gasteiger partial charge on any atom is 0.335 e. The molecule has 25 heavy (non-hydrogen) atoms. The van der Waals surface area contributed by atoms with Gasteiger partial charge in [0.1, 0.15) is 0 Å². The van der Waals surface area contributed by atoms with Crippen LogP contribution in [0.15, 0.2) is 30.5 Å². The highest BCUT2D eigenvalue weighted by molar-refractivity contribution is 6.33. The number of aromatic nitrogens is 2. The summed E-state index contributed by atoms with van der Waals surface area (Å²) in [4.78, 5) is 33.9. The molecule has 1 aromatic heterocycles. The third-order valence-electron chi connectivity index (χ3n) is 3.96. The second-order valence-corrected chi connectivity index (χ2v) is 6.16. The van der Waals surface area contributed by atoms with Crippen LogP contribution in [-0.2, 0) is 6.54 Å². The third kappa shape index (κ3) is 4.06. The zero-order valence-corrected chi connectivity index (χ0v) is 14.2. The number of hydrogen-bond acceptors (Lipinski definition) is 5. The Balaban J connectivity index is 1.71. The molecule has 0 atom stereocenters. The average molecular weight is 361 g/mol. The van der Waals surface area contributed by atoms with Gasteiger partial charge in [-0.2, -0.15) is 0 Å². The molecule has 3 rings (SSSR count). The van der Waals surface area contributed by atoms with E-state index in [0.29, 0.717) is 11.5 Å². The Morgan fingerprint density at radius 1 is 1.28 bits per heavy atom. The van der Waals surface area contributed by atoms with Crippen molar-refractivity contribution in [1.82, 2.24) is 15.3 Å². The molecular formula is C17H17ClN4O3. The molecule has 1 saturated heterocycles. The Morgan fingerprint density at radius 3 is 2.76 bits per heavy atom. The first kappa shape index (κ1) is 17.2. The average Bonchev–Trinajstić information content (AvgIpc) is 3.15. The molecule has 0 aliphatic carbocycles. The van der Waals surface area contributed by atoms with Crippen LogP contribution in [0.4, 0.5) is 5.95 Å². The molecule has 2 aromatic rings. The van der Waals surface area contributed by atoms with Crippen LogP contribution in [0.1, 0.15) is 39.3 Å². The fourth-order valence-corrected chi connectivity index (χ4v) is 2.84. The van der Waals surface area contributed by atoms with E-state index in [1.54, 1.807) is 12.1 Å². The quantitative estimate of drug-likeness (QED) is 0.849. The van der Waals surface area contributed by atoms with E-state index >= 15 is 0 Å². The van der Waals surface area contributed by atoms with E-state index in [1.807, 2.05) is 4.90 Å². The van der Waals surface area contributed by atoms with Gasteiger partial charge in [-0.1, -0.05) is 23.7 Å². The summed E-state index contributed by atoms with van der Waals surface area (Å²) >= 11 is 6.06. The van der Waals surface area contributed by atoms with Crippen molar-refractivity contribution in [3.05, 3.63) is 52.3 Å². The normalized spacial score (nSPS) is 13.7. The van der Waals surface area contributed by atoms with Crippen molar-refractivity contribution < 1.29 is 14.7 Å². The number of halogens is 1. The minimum atomic E-state index is -1.01. The van der Waals surface area contributed by atoms with Gasteiger partial charge in [0.15, 0.2) is 5.69 Å². The first-order valence-electron chi connectivity index (χ1n) is 7.92. The van der Waals surface area contributed by atoms with E-state index in [9.17, 15) is 9.59 Å². The number of hydrogen-bond donors (Lipinski definition) is 2. The number of anilines is 1. The molecule has 8 heteroatoms. The maximum atomic E-state index is 12.4. The number of benzene rings is 1. The summed E-state index contributed by atoms with van der Waals surface area (Å²) in [5, 5.41) is 11.9. The van der Waals surface area contributed by atoms with Gasteiger partial charge in [-0.3, -0.25) is 4.79 Å². The van der Waals surface area contributed by atoms with Gasteiger partial charge in [0.2, 0.25) is 5.95 Å². The maximum absolute atomic E-state index is 12.4. The summed E-state index contributed by atoms with van der Waals surface area (Å²) in [6.45, 7) is 1.91. The Kier molecular flexibility index (Phi) is 5.14. The van der Waals surface area contributed by atoms with Crippen molar-refractivity contribution in [3.63, 3.8) is 0 Å². The summed E-state index contributed by atoms with van der Waals surface area (Å²) in [6, 6.07) is 6.38. The van der Waals surface area contributed by atoms with Crippen LogP contribution < -0.4 is 10.2 Å². The number of carbonyl (C=O) groups excluding carboxylic acids is 1. The summed E-state index contributed by atoms with van der Waals surface area (Å²) in [7, 11) is 0. The molecular weight excluding hydrogens is 344 g/mol. The van der Waals surface area contributed by atoms with Gasteiger partial charge in [0, 0.05) is 19.6 Å². The van der Waals surface area contributed by atoms with Crippen molar-refractivity contribution in [2.24, 2.45) is 0 Å². The third-order valence-corrected chi connectivity index (χ3v) is 4.24. The lowest BCUT2D eigenvalue weighted by atomic mass is 10.1. The van der Waals surface area contributed by atoms with Crippen LogP contribution >= 0.6 is 11.6 Å². The van der Waals surface area contributed by atoms with Crippen LogP contribution in [0, 0.1) is 0 Å². The fraction of sp³-hybridized carbons (Fsp3) is 0.294. The lowest BCUT2D eigenvalue weighted by Crippen LogP contribution is -2.27. The highest BCUT2D eigenvalue weighted by atomic mass is 35.5. The minimum Gasteiger partial charge on any atom is -0.478 e. The van der Waals surface area contributed by atoms with E-state index in [1.165, 1.54) is 18.3 Å². The number of rotatable bonds is 5. The lowest BCUT2D eigenvalue weighted by Gasteiger charge is -2.16. The first-order valence-corrected chi connectivity index (χ1v) is 8.30. The molecule has 2 heterocycles. The number of aromatic carboxylic acids is 1. The number of nitrogens with one attached hydrogen (secondary N) is 1. The first-order chi connectivity index (χ1) is 12.0. The zero-order chi connectivity index (χ0) is 17.8. The molecule has 1 amide bonds. The molecule has 0 saturated carbocycles. The Labute approximate surface area is 149 Å². The molecule has 130 valence electrons. The number of amides is 1. The molecule has 0 spiro atoms. The molecule has 7 nitrogen and oxygen atoms in total. The lowest BCUT2D eigenvalue weighted by molar-refractivity contribution is 0.0696. The van der Waals surface area contributed by atoms with E-state index in [4.69, 9.17) is 16.7 Å². The zero-order valence-electron chi connectivity index (χ0n) is 13.4. The van der Waals surface area contributed by atoms with Crippen molar-refractivity contribution >= 4 is 29.4 Å². The summed E-state index contributed by atoms with van der Waals surface area (Å²) < 4.78 is 0. The molecule has 0 radical (unpaired) electrons. The van der Waals surface area contributed by atoms with E-state index in [2.05, 4.69) is 15.3 Å². The monoisotopic (exact) mass is 360 g/mol. The largest absolute Gasteiger partial charge is 0.478 e. The molecule has 1 fully saturated rings.